The molecule has 0 radical (unpaired) electrons. The zero-order valence-corrected chi connectivity index (χ0v) is 12.3. The van der Waals surface area contributed by atoms with Gasteiger partial charge in [0, 0.05) is 5.69 Å². The molecule has 0 saturated carbocycles. The van der Waals surface area contributed by atoms with Gasteiger partial charge < -0.3 is 10.4 Å². The number of aryl methyl sites for hydroxylation is 2. The van der Waals surface area contributed by atoms with Gasteiger partial charge in [-0.15, -0.1) is 0 Å². The van der Waals surface area contributed by atoms with Crippen molar-refractivity contribution in [1.82, 2.24) is 0 Å². The number of anilines is 1. The Labute approximate surface area is 123 Å². The van der Waals surface area contributed by atoms with Crippen molar-refractivity contribution >= 4 is 11.7 Å². The van der Waals surface area contributed by atoms with Gasteiger partial charge in [0.2, 0.25) is 0 Å². The molecule has 0 spiro atoms. The highest BCUT2D eigenvalue weighted by Gasteiger charge is 2.36. The first-order valence-electron chi connectivity index (χ1n) is 6.68. The third-order valence-corrected chi connectivity index (χ3v) is 3.58. The Balaban J connectivity index is 2.50. The van der Waals surface area contributed by atoms with Crippen LogP contribution in [0.2, 0.25) is 0 Å². The van der Waals surface area contributed by atoms with Crippen LogP contribution in [0.4, 0.5) is 10.1 Å². The average Bonchev–Trinajstić information content (AvgIpc) is 2.41. The summed E-state index contributed by atoms with van der Waals surface area (Å²) in [5.41, 5.74) is 1.61. The molecule has 1 atom stereocenters. The van der Waals surface area contributed by atoms with Crippen LogP contribution in [0.25, 0.3) is 0 Å². The first-order chi connectivity index (χ1) is 9.83. The molecular weight excluding hydrogens is 269 g/mol. The van der Waals surface area contributed by atoms with E-state index in [0.29, 0.717) is 11.3 Å². The zero-order valence-electron chi connectivity index (χ0n) is 12.3. The van der Waals surface area contributed by atoms with Gasteiger partial charge in [0.1, 0.15) is 5.82 Å². The Morgan fingerprint density at radius 3 is 2.52 bits per heavy atom. The van der Waals surface area contributed by atoms with E-state index in [2.05, 4.69) is 5.32 Å². The molecule has 4 heteroatoms. The Bertz CT molecular complexity index is 684. The maximum Gasteiger partial charge on any atom is 0.333 e. The number of hydrogen-bond donors (Lipinski definition) is 2. The van der Waals surface area contributed by atoms with Crippen LogP contribution in [0.3, 0.4) is 0 Å². The van der Waals surface area contributed by atoms with E-state index in [4.69, 9.17) is 0 Å². The SMILES string of the molecule is Cc1ccc(C)c(C(C)(Nc2cccc(F)c2)C(=O)O)c1. The van der Waals surface area contributed by atoms with Gasteiger partial charge in [0.05, 0.1) is 0 Å². The number of carbonyl (C=O) groups is 1. The van der Waals surface area contributed by atoms with E-state index >= 15 is 0 Å². The second-order valence-electron chi connectivity index (χ2n) is 5.38. The van der Waals surface area contributed by atoms with Gasteiger partial charge >= 0.3 is 5.97 Å². The number of aliphatic carboxylic acids is 1. The number of hydrogen-bond acceptors (Lipinski definition) is 2. The van der Waals surface area contributed by atoms with Crippen LogP contribution in [0.5, 0.6) is 0 Å². The summed E-state index contributed by atoms with van der Waals surface area (Å²) in [6.45, 7) is 5.36. The molecule has 3 nitrogen and oxygen atoms in total. The Kier molecular flexibility index (Phi) is 3.98. The predicted molar refractivity (Wildman–Crippen MR) is 80.9 cm³/mol. The van der Waals surface area contributed by atoms with Crippen molar-refractivity contribution in [1.29, 1.82) is 0 Å². The Morgan fingerprint density at radius 1 is 1.19 bits per heavy atom. The molecule has 0 heterocycles. The molecule has 0 fully saturated rings. The zero-order chi connectivity index (χ0) is 15.6. The van der Waals surface area contributed by atoms with E-state index in [0.717, 1.165) is 11.1 Å². The summed E-state index contributed by atoms with van der Waals surface area (Å²) in [6.07, 6.45) is 0. The molecule has 0 saturated heterocycles. The smallest absolute Gasteiger partial charge is 0.333 e. The summed E-state index contributed by atoms with van der Waals surface area (Å²) in [4.78, 5) is 11.8. The standard InChI is InChI=1S/C17H18FNO2/c1-11-7-8-12(2)15(9-11)17(3,16(20)21)19-14-6-4-5-13(18)10-14/h4-10,19H,1-3H3,(H,20,21). The summed E-state index contributed by atoms with van der Waals surface area (Å²) >= 11 is 0. The van der Waals surface area contributed by atoms with Gasteiger partial charge in [-0.1, -0.05) is 29.8 Å². The molecular formula is C17H18FNO2. The van der Waals surface area contributed by atoms with Crippen molar-refractivity contribution in [3.05, 3.63) is 65.0 Å². The summed E-state index contributed by atoms with van der Waals surface area (Å²) < 4.78 is 13.3. The highest BCUT2D eigenvalue weighted by atomic mass is 19.1. The molecule has 2 rings (SSSR count). The fourth-order valence-corrected chi connectivity index (χ4v) is 2.37. The molecule has 21 heavy (non-hydrogen) atoms. The van der Waals surface area contributed by atoms with Gasteiger partial charge in [-0.2, -0.15) is 0 Å². The van der Waals surface area contributed by atoms with E-state index in [1.54, 1.807) is 19.1 Å². The normalized spacial score (nSPS) is 13.5. The summed E-state index contributed by atoms with van der Waals surface area (Å²) in [5.74, 6) is -1.42. The number of carboxylic acid groups (broad SMARTS) is 1. The van der Waals surface area contributed by atoms with E-state index in [-0.39, 0.29) is 0 Å². The molecule has 110 valence electrons. The van der Waals surface area contributed by atoms with Crippen molar-refractivity contribution in [2.45, 2.75) is 26.3 Å². The summed E-state index contributed by atoms with van der Waals surface area (Å²) in [7, 11) is 0. The second-order valence-corrected chi connectivity index (χ2v) is 5.38. The van der Waals surface area contributed by atoms with Gasteiger partial charge in [-0.3, -0.25) is 0 Å². The molecule has 2 aromatic rings. The Morgan fingerprint density at radius 2 is 1.90 bits per heavy atom. The maximum atomic E-state index is 13.3. The quantitative estimate of drug-likeness (QED) is 0.898. The van der Waals surface area contributed by atoms with Gasteiger partial charge in [0.15, 0.2) is 5.54 Å². The van der Waals surface area contributed by atoms with E-state index in [1.807, 2.05) is 32.0 Å². The summed E-state index contributed by atoms with van der Waals surface area (Å²) in [5, 5.41) is 12.6. The topological polar surface area (TPSA) is 49.3 Å². The minimum Gasteiger partial charge on any atom is -0.479 e. The lowest BCUT2D eigenvalue weighted by atomic mass is 9.87. The summed E-state index contributed by atoms with van der Waals surface area (Å²) in [6, 6.07) is 11.5. The van der Waals surface area contributed by atoms with Crippen LogP contribution in [0.1, 0.15) is 23.6 Å². The number of carboxylic acids is 1. The highest BCUT2D eigenvalue weighted by Crippen LogP contribution is 2.30. The van der Waals surface area contributed by atoms with Crippen molar-refractivity contribution in [3.63, 3.8) is 0 Å². The predicted octanol–water partition coefficient (Wildman–Crippen LogP) is 3.85. The minimum absolute atomic E-state index is 0.409. The van der Waals surface area contributed by atoms with Crippen molar-refractivity contribution < 1.29 is 14.3 Å². The molecule has 0 bridgehead atoms. The molecule has 0 aliphatic heterocycles. The molecule has 0 aliphatic rings. The molecule has 0 amide bonds. The van der Waals surface area contributed by atoms with E-state index in [9.17, 15) is 14.3 Å². The minimum atomic E-state index is -1.33. The lowest BCUT2D eigenvalue weighted by molar-refractivity contribution is -0.142. The fourth-order valence-electron chi connectivity index (χ4n) is 2.37. The monoisotopic (exact) mass is 287 g/mol. The van der Waals surface area contributed by atoms with Crippen LogP contribution in [0, 0.1) is 19.7 Å². The van der Waals surface area contributed by atoms with Crippen molar-refractivity contribution in [2.24, 2.45) is 0 Å². The average molecular weight is 287 g/mol. The largest absolute Gasteiger partial charge is 0.479 e. The number of halogens is 1. The fraction of sp³-hybridized carbons (Fsp3) is 0.235. The van der Waals surface area contributed by atoms with Crippen LogP contribution >= 0.6 is 0 Å². The molecule has 0 aliphatic carbocycles. The van der Waals surface area contributed by atoms with Crippen LogP contribution < -0.4 is 5.32 Å². The lowest BCUT2D eigenvalue weighted by Crippen LogP contribution is -2.41. The first kappa shape index (κ1) is 15.0. The van der Waals surface area contributed by atoms with E-state index < -0.39 is 17.3 Å². The third-order valence-electron chi connectivity index (χ3n) is 3.58. The second kappa shape index (κ2) is 5.56. The first-order valence-corrected chi connectivity index (χ1v) is 6.68. The van der Waals surface area contributed by atoms with Crippen LogP contribution in [0.15, 0.2) is 42.5 Å². The van der Waals surface area contributed by atoms with Crippen molar-refractivity contribution in [3.8, 4) is 0 Å². The van der Waals surface area contributed by atoms with Gasteiger partial charge in [-0.05, 0) is 50.1 Å². The van der Waals surface area contributed by atoms with Crippen molar-refractivity contribution in [2.75, 3.05) is 5.32 Å². The number of benzene rings is 2. The number of nitrogens with one attached hydrogen (secondary N) is 1. The molecule has 2 N–H and O–H groups in total. The van der Waals surface area contributed by atoms with Crippen LogP contribution in [-0.2, 0) is 10.3 Å². The highest BCUT2D eigenvalue weighted by molar-refractivity contribution is 5.84. The Hall–Kier alpha value is -2.36. The lowest BCUT2D eigenvalue weighted by Gasteiger charge is -2.30. The van der Waals surface area contributed by atoms with Crippen LogP contribution in [-0.4, -0.2) is 11.1 Å². The molecule has 0 aromatic heterocycles. The molecule has 1 unspecified atom stereocenters. The van der Waals surface area contributed by atoms with Gasteiger partial charge in [-0.25, -0.2) is 9.18 Å². The third kappa shape index (κ3) is 3.05. The van der Waals surface area contributed by atoms with Gasteiger partial charge in [0.25, 0.3) is 0 Å². The number of rotatable bonds is 4. The molecule has 2 aromatic carbocycles. The van der Waals surface area contributed by atoms with E-state index in [1.165, 1.54) is 12.1 Å². The maximum absolute atomic E-state index is 13.3.